The van der Waals surface area contributed by atoms with E-state index in [1.54, 1.807) is 13.0 Å². The van der Waals surface area contributed by atoms with Crippen LogP contribution in [0.5, 0.6) is 0 Å². The molecule has 0 fully saturated rings. The first-order valence-electron chi connectivity index (χ1n) is 5.11. The number of hydrogen-bond donors (Lipinski definition) is 1. The number of carboxylic acids is 1. The largest absolute Gasteiger partial charge is 0.548 e. The highest BCUT2D eigenvalue weighted by Crippen LogP contribution is 2.09. The fourth-order valence-corrected chi connectivity index (χ4v) is 1.79. The van der Waals surface area contributed by atoms with E-state index < -0.39 is 17.9 Å². The van der Waals surface area contributed by atoms with Crippen molar-refractivity contribution >= 4 is 23.6 Å². The number of carbonyl (C=O) groups excluding carboxylic acids is 2. The number of furan rings is 1. The van der Waals surface area contributed by atoms with E-state index in [2.05, 4.69) is 5.32 Å². The Hall–Kier alpha value is -1.43. The zero-order chi connectivity index (χ0) is 12.8. The minimum atomic E-state index is -1.28. The summed E-state index contributed by atoms with van der Waals surface area (Å²) in [5, 5.41) is 13.2. The molecule has 0 aliphatic rings. The van der Waals surface area contributed by atoms with Crippen LogP contribution in [0.25, 0.3) is 0 Å². The van der Waals surface area contributed by atoms with Crippen LogP contribution in [0.2, 0.25) is 0 Å². The molecule has 0 aromatic carbocycles. The Morgan fingerprint density at radius 2 is 2.29 bits per heavy atom. The van der Waals surface area contributed by atoms with Crippen LogP contribution >= 0.6 is 11.8 Å². The van der Waals surface area contributed by atoms with Crippen LogP contribution in [-0.2, 0) is 4.79 Å². The average Bonchev–Trinajstić information content (AvgIpc) is 2.70. The Morgan fingerprint density at radius 3 is 2.76 bits per heavy atom. The zero-order valence-electron chi connectivity index (χ0n) is 9.69. The van der Waals surface area contributed by atoms with Crippen molar-refractivity contribution in [2.24, 2.45) is 0 Å². The maximum Gasteiger partial charge on any atom is 0.287 e. The summed E-state index contributed by atoms with van der Waals surface area (Å²) in [4.78, 5) is 22.5. The van der Waals surface area contributed by atoms with Crippen molar-refractivity contribution in [3.8, 4) is 0 Å². The van der Waals surface area contributed by atoms with Gasteiger partial charge in [-0.25, -0.2) is 0 Å². The van der Waals surface area contributed by atoms with E-state index in [1.165, 1.54) is 18.0 Å². The number of amides is 1. The van der Waals surface area contributed by atoms with Crippen molar-refractivity contribution in [2.45, 2.75) is 19.4 Å². The van der Waals surface area contributed by atoms with Gasteiger partial charge < -0.3 is 19.6 Å². The van der Waals surface area contributed by atoms with Crippen molar-refractivity contribution in [3.63, 3.8) is 0 Å². The molecule has 0 saturated carbocycles. The third kappa shape index (κ3) is 3.81. The number of nitrogens with one attached hydrogen (secondary N) is 1. The smallest absolute Gasteiger partial charge is 0.287 e. The standard InChI is InChI=1S/C11H15NO4S/c1-7-3-5-16-9(7)10(13)12-8(11(14)15)4-6-17-2/h3,5,8H,4,6H2,1-2H3,(H,12,13)(H,14,15)/p-1/t8-/m1/s1. The first-order valence-corrected chi connectivity index (χ1v) is 6.50. The van der Waals surface area contributed by atoms with Gasteiger partial charge in [0.2, 0.25) is 0 Å². The molecule has 0 saturated heterocycles. The number of aryl methyl sites for hydroxylation is 1. The summed E-state index contributed by atoms with van der Waals surface area (Å²) in [5.74, 6) is -1.03. The summed E-state index contributed by atoms with van der Waals surface area (Å²) in [6.07, 6.45) is 3.58. The summed E-state index contributed by atoms with van der Waals surface area (Å²) in [7, 11) is 0. The van der Waals surface area contributed by atoms with E-state index in [1.807, 2.05) is 6.26 Å². The molecule has 0 bridgehead atoms. The normalized spacial score (nSPS) is 12.1. The summed E-state index contributed by atoms with van der Waals surface area (Å²) in [5.41, 5.74) is 0.671. The monoisotopic (exact) mass is 256 g/mol. The molecule has 1 heterocycles. The Kier molecular flexibility index (Phi) is 5.09. The van der Waals surface area contributed by atoms with Crippen molar-refractivity contribution in [2.75, 3.05) is 12.0 Å². The quantitative estimate of drug-likeness (QED) is 0.785. The maximum absolute atomic E-state index is 11.7. The van der Waals surface area contributed by atoms with Crippen molar-refractivity contribution in [1.29, 1.82) is 0 Å². The summed E-state index contributed by atoms with van der Waals surface area (Å²) in [6.45, 7) is 1.72. The third-order valence-corrected chi connectivity index (χ3v) is 2.91. The molecular formula is C11H14NO4S-. The molecule has 0 spiro atoms. The van der Waals surface area contributed by atoms with E-state index in [0.29, 0.717) is 17.7 Å². The topological polar surface area (TPSA) is 82.4 Å². The van der Waals surface area contributed by atoms with Crippen LogP contribution in [0.1, 0.15) is 22.5 Å². The van der Waals surface area contributed by atoms with Crippen molar-refractivity contribution in [3.05, 3.63) is 23.7 Å². The molecule has 0 radical (unpaired) electrons. The Labute approximate surface area is 104 Å². The van der Waals surface area contributed by atoms with Crippen LogP contribution in [0.3, 0.4) is 0 Å². The molecule has 17 heavy (non-hydrogen) atoms. The fourth-order valence-electron chi connectivity index (χ4n) is 1.31. The predicted molar refractivity (Wildman–Crippen MR) is 62.7 cm³/mol. The molecule has 1 atom stereocenters. The number of hydrogen-bond acceptors (Lipinski definition) is 5. The molecule has 94 valence electrons. The van der Waals surface area contributed by atoms with E-state index in [4.69, 9.17) is 4.42 Å². The predicted octanol–water partition coefficient (Wildman–Crippen LogP) is 0.189. The minimum absolute atomic E-state index is 0.139. The SMILES string of the molecule is CSCC[C@@H](NC(=O)c1occc1C)C(=O)[O-]. The van der Waals surface area contributed by atoms with Gasteiger partial charge in [-0.2, -0.15) is 11.8 Å². The molecule has 5 nitrogen and oxygen atoms in total. The first-order chi connectivity index (χ1) is 8.06. The second-order valence-electron chi connectivity index (χ2n) is 3.56. The molecule has 1 aromatic rings. The lowest BCUT2D eigenvalue weighted by Gasteiger charge is -2.18. The fraction of sp³-hybridized carbons (Fsp3) is 0.455. The summed E-state index contributed by atoms with van der Waals surface area (Å²) < 4.78 is 4.98. The number of thioether (sulfide) groups is 1. The van der Waals surface area contributed by atoms with Crippen LogP contribution in [0.15, 0.2) is 16.7 Å². The van der Waals surface area contributed by atoms with Gasteiger partial charge in [-0.05, 0) is 31.4 Å². The van der Waals surface area contributed by atoms with Crippen LogP contribution in [-0.4, -0.2) is 29.9 Å². The first kappa shape index (κ1) is 13.6. The molecule has 1 aromatic heterocycles. The lowest BCUT2D eigenvalue weighted by Crippen LogP contribution is -2.48. The van der Waals surface area contributed by atoms with Gasteiger partial charge >= 0.3 is 0 Å². The van der Waals surface area contributed by atoms with Gasteiger partial charge in [0.05, 0.1) is 18.3 Å². The molecule has 0 aliphatic carbocycles. The highest BCUT2D eigenvalue weighted by atomic mass is 32.2. The summed E-state index contributed by atoms with van der Waals surface area (Å²) in [6, 6.07) is 0.657. The van der Waals surface area contributed by atoms with E-state index in [-0.39, 0.29) is 5.76 Å². The van der Waals surface area contributed by atoms with Gasteiger partial charge in [-0.1, -0.05) is 0 Å². The number of rotatable bonds is 6. The lowest BCUT2D eigenvalue weighted by atomic mass is 10.2. The Bertz CT molecular complexity index is 402. The lowest BCUT2D eigenvalue weighted by molar-refractivity contribution is -0.308. The van der Waals surface area contributed by atoms with Gasteiger partial charge in [-0.3, -0.25) is 4.79 Å². The molecular weight excluding hydrogens is 242 g/mol. The highest BCUT2D eigenvalue weighted by Gasteiger charge is 2.18. The third-order valence-electron chi connectivity index (χ3n) is 2.27. The van der Waals surface area contributed by atoms with Crippen molar-refractivity contribution in [1.82, 2.24) is 5.32 Å². The Balaban J connectivity index is 2.64. The number of carboxylic acid groups (broad SMARTS) is 1. The van der Waals surface area contributed by atoms with Gasteiger partial charge in [-0.15, -0.1) is 0 Å². The van der Waals surface area contributed by atoms with Crippen LogP contribution < -0.4 is 10.4 Å². The second kappa shape index (κ2) is 6.34. The molecule has 0 aliphatic heterocycles. The van der Waals surface area contributed by atoms with Crippen LogP contribution in [0, 0.1) is 6.92 Å². The van der Waals surface area contributed by atoms with Gasteiger partial charge in [0.25, 0.3) is 5.91 Å². The highest BCUT2D eigenvalue weighted by molar-refractivity contribution is 7.98. The summed E-state index contributed by atoms with van der Waals surface area (Å²) >= 11 is 1.51. The Morgan fingerprint density at radius 1 is 1.59 bits per heavy atom. The molecule has 1 N–H and O–H groups in total. The van der Waals surface area contributed by atoms with Gasteiger partial charge in [0.1, 0.15) is 0 Å². The van der Waals surface area contributed by atoms with Crippen molar-refractivity contribution < 1.29 is 19.1 Å². The second-order valence-corrected chi connectivity index (χ2v) is 4.54. The average molecular weight is 256 g/mol. The van der Waals surface area contributed by atoms with E-state index >= 15 is 0 Å². The molecule has 1 rings (SSSR count). The van der Waals surface area contributed by atoms with Crippen LogP contribution in [0.4, 0.5) is 0 Å². The molecule has 1 amide bonds. The van der Waals surface area contributed by atoms with E-state index in [0.717, 1.165) is 0 Å². The van der Waals surface area contributed by atoms with Gasteiger partial charge in [0.15, 0.2) is 5.76 Å². The molecule has 0 unspecified atom stereocenters. The zero-order valence-corrected chi connectivity index (χ0v) is 10.5. The molecule has 6 heteroatoms. The number of carbonyl (C=O) groups is 2. The maximum atomic E-state index is 11.7. The minimum Gasteiger partial charge on any atom is -0.548 e. The van der Waals surface area contributed by atoms with E-state index in [9.17, 15) is 14.7 Å². The number of aliphatic carboxylic acids is 1. The van der Waals surface area contributed by atoms with Gasteiger partial charge in [0, 0.05) is 5.56 Å².